The quantitative estimate of drug-likeness (QED) is 0.943. The molecule has 0 aliphatic rings. The fraction of sp³-hybridized carbons (Fsp3) is 0.231. The van der Waals surface area contributed by atoms with Gasteiger partial charge in [-0.05, 0) is 53.7 Å². The Bertz CT molecular complexity index is 528. The second-order valence-electron chi connectivity index (χ2n) is 3.93. The van der Waals surface area contributed by atoms with E-state index in [0.29, 0.717) is 12.4 Å². The van der Waals surface area contributed by atoms with Crippen molar-refractivity contribution in [3.05, 3.63) is 46.1 Å². The van der Waals surface area contributed by atoms with Gasteiger partial charge in [0.15, 0.2) is 0 Å². The zero-order chi connectivity index (χ0) is 13.0. The summed E-state index contributed by atoms with van der Waals surface area (Å²) in [6.45, 7) is 2.72. The molecule has 0 radical (unpaired) electrons. The highest BCUT2D eigenvalue weighted by Gasteiger charge is 2.04. The molecule has 0 saturated carbocycles. The fourth-order valence-corrected chi connectivity index (χ4v) is 2.05. The molecule has 18 heavy (non-hydrogen) atoms. The van der Waals surface area contributed by atoms with Crippen LogP contribution in [0.3, 0.4) is 0 Å². The first-order valence-electron chi connectivity index (χ1n) is 5.60. The molecule has 2 aromatic rings. The minimum absolute atomic E-state index is 0.486. The number of hydrogen-bond acceptors (Lipinski definition) is 4. The Hall–Kier alpha value is -1.46. The van der Waals surface area contributed by atoms with E-state index < -0.39 is 0 Å². The lowest BCUT2D eigenvalue weighted by atomic mass is 10.2. The van der Waals surface area contributed by atoms with Crippen molar-refractivity contribution in [3.63, 3.8) is 0 Å². The van der Waals surface area contributed by atoms with Crippen LogP contribution in [-0.2, 0) is 6.54 Å². The van der Waals surface area contributed by atoms with Gasteiger partial charge in [0.2, 0.25) is 5.88 Å². The van der Waals surface area contributed by atoms with E-state index in [1.807, 2.05) is 44.3 Å². The van der Waals surface area contributed by atoms with Crippen molar-refractivity contribution >= 4 is 15.9 Å². The lowest BCUT2D eigenvalue weighted by Crippen LogP contribution is -2.07. The molecule has 2 rings (SSSR count). The van der Waals surface area contributed by atoms with Crippen LogP contribution in [0.15, 0.2) is 34.8 Å². The molecule has 4 nitrogen and oxygen atoms in total. The monoisotopic (exact) mass is 307 g/mol. The normalized spacial score (nSPS) is 10.4. The van der Waals surface area contributed by atoms with Crippen LogP contribution >= 0.6 is 15.9 Å². The first kappa shape index (κ1) is 13.0. The molecule has 0 atom stereocenters. The number of halogens is 1. The number of hydrogen-bond donors (Lipinski definition) is 1. The standard InChI is InChI=1S/C13H14BrN3O/c1-9-3-5-12(11(14)7-9)18-13-6-4-10(8-15-2)16-17-13/h3-7,15H,8H2,1-2H3. The third kappa shape index (κ3) is 3.27. The van der Waals surface area contributed by atoms with Crippen LogP contribution in [-0.4, -0.2) is 17.2 Å². The Morgan fingerprint density at radius 3 is 2.67 bits per heavy atom. The maximum Gasteiger partial charge on any atom is 0.238 e. The molecule has 0 amide bonds. The molecule has 1 heterocycles. The van der Waals surface area contributed by atoms with Gasteiger partial charge >= 0.3 is 0 Å². The number of aryl methyl sites for hydroxylation is 1. The van der Waals surface area contributed by atoms with Crippen molar-refractivity contribution in [1.29, 1.82) is 0 Å². The molecule has 5 heteroatoms. The van der Waals surface area contributed by atoms with Crippen molar-refractivity contribution in [2.75, 3.05) is 7.05 Å². The molecular formula is C13H14BrN3O. The third-order valence-electron chi connectivity index (χ3n) is 2.36. The highest BCUT2D eigenvalue weighted by atomic mass is 79.9. The fourth-order valence-electron chi connectivity index (χ4n) is 1.48. The van der Waals surface area contributed by atoms with Crippen molar-refractivity contribution < 1.29 is 4.74 Å². The summed E-state index contributed by atoms with van der Waals surface area (Å²) < 4.78 is 6.56. The second-order valence-corrected chi connectivity index (χ2v) is 4.78. The van der Waals surface area contributed by atoms with Gasteiger partial charge in [-0.2, -0.15) is 5.10 Å². The van der Waals surface area contributed by atoms with Gasteiger partial charge in [0, 0.05) is 12.6 Å². The smallest absolute Gasteiger partial charge is 0.238 e. The van der Waals surface area contributed by atoms with Gasteiger partial charge in [0.05, 0.1) is 10.2 Å². The molecule has 0 aliphatic carbocycles. The SMILES string of the molecule is CNCc1ccc(Oc2ccc(C)cc2Br)nn1. The number of nitrogens with one attached hydrogen (secondary N) is 1. The molecule has 0 spiro atoms. The largest absolute Gasteiger partial charge is 0.436 e. The Kier molecular flexibility index (Phi) is 4.28. The summed E-state index contributed by atoms with van der Waals surface area (Å²) >= 11 is 3.46. The highest BCUT2D eigenvalue weighted by molar-refractivity contribution is 9.10. The highest BCUT2D eigenvalue weighted by Crippen LogP contribution is 2.29. The predicted molar refractivity (Wildman–Crippen MR) is 73.7 cm³/mol. The van der Waals surface area contributed by atoms with Gasteiger partial charge in [0.1, 0.15) is 5.75 Å². The summed E-state index contributed by atoms with van der Waals surface area (Å²) in [6, 6.07) is 9.59. The van der Waals surface area contributed by atoms with E-state index in [9.17, 15) is 0 Å². The first-order chi connectivity index (χ1) is 8.69. The molecule has 0 fully saturated rings. The topological polar surface area (TPSA) is 47.0 Å². The maximum atomic E-state index is 5.66. The van der Waals surface area contributed by atoms with Crippen molar-refractivity contribution in [3.8, 4) is 11.6 Å². The molecule has 0 aliphatic heterocycles. The van der Waals surface area contributed by atoms with Crippen LogP contribution in [0.2, 0.25) is 0 Å². The second kappa shape index (κ2) is 5.93. The summed E-state index contributed by atoms with van der Waals surface area (Å²) in [5.41, 5.74) is 2.05. The van der Waals surface area contributed by atoms with E-state index in [1.165, 1.54) is 5.56 Å². The molecule has 94 valence electrons. The Morgan fingerprint density at radius 2 is 2.06 bits per heavy atom. The summed E-state index contributed by atoms with van der Waals surface area (Å²) in [7, 11) is 1.87. The summed E-state index contributed by atoms with van der Waals surface area (Å²) in [6.07, 6.45) is 0. The van der Waals surface area contributed by atoms with Gasteiger partial charge < -0.3 is 10.1 Å². The zero-order valence-corrected chi connectivity index (χ0v) is 11.9. The van der Waals surface area contributed by atoms with E-state index in [2.05, 4.69) is 31.4 Å². The van der Waals surface area contributed by atoms with Crippen LogP contribution in [0, 0.1) is 6.92 Å². The van der Waals surface area contributed by atoms with Gasteiger partial charge in [-0.1, -0.05) is 6.07 Å². The van der Waals surface area contributed by atoms with Gasteiger partial charge in [0.25, 0.3) is 0 Å². The number of benzene rings is 1. The molecular weight excluding hydrogens is 294 g/mol. The van der Waals surface area contributed by atoms with Crippen LogP contribution in [0.1, 0.15) is 11.3 Å². The first-order valence-corrected chi connectivity index (χ1v) is 6.39. The van der Waals surface area contributed by atoms with E-state index in [0.717, 1.165) is 15.9 Å². The van der Waals surface area contributed by atoms with Gasteiger partial charge in [-0.3, -0.25) is 0 Å². The molecule has 0 bridgehead atoms. The lowest BCUT2D eigenvalue weighted by molar-refractivity contribution is 0.450. The predicted octanol–water partition coefficient (Wildman–Crippen LogP) is 3.06. The number of nitrogens with zero attached hydrogens (tertiary/aromatic N) is 2. The minimum atomic E-state index is 0.486. The van der Waals surface area contributed by atoms with Crippen molar-refractivity contribution in [1.82, 2.24) is 15.5 Å². The average molecular weight is 308 g/mol. The van der Waals surface area contributed by atoms with Gasteiger partial charge in [-0.25, -0.2) is 0 Å². The van der Waals surface area contributed by atoms with E-state index in [4.69, 9.17) is 4.74 Å². The molecule has 0 saturated heterocycles. The molecule has 1 aromatic heterocycles. The van der Waals surface area contributed by atoms with Crippen LogP contribution in [0.5, 0.6) is 11.6 Å². The zero-order valence-electron chi connectivity index (χ0n) is 10.3. The summed E-state index contributed by atoms with van der Waals surface area (Å²) in [5, 5.41) is 11.1. The molecule has 0 unspecified atom stereocenters. The number of aromatic nitrogens is 2. The average Bonchev–Trinajstić information content (AvgIpc) is 2.35. The lowest BCUT2D eigenvalue weighted by Gasteiger charge is -2.07. The van der Waals surface area contributed by atoms with Crippen LogP contribution in [0.4, 0.5) is 0 Å². The Morgan fingerprint density at radius 1 is 1.22 bits per heavy atom. The Labute approximate surface area is 115 Å². The van der Waals surface area contributed by atoms with Gasteiger partial charge in [-0.15, -0.1) is 5.10 Å². The maximum absolute atomic E-state index is 5.66. The number of ether oxygens (including phenoxy) is 1. The van der Waals surface area contributed by atoms with E-state index in [-0.39, 0.29) is 0 Å². The molecule has 1 N–H and O–H groups in total. The van der Waals surface area contributed by atoms with Crippen LogP contribution < -0.4 is 10.1 Å². The van der Waals surface area contributed by atoms with E-state index >= 15 is 0 Å². The summed E-state index contributed by atoms with van der Waals surface area (Å²) in [4.78, 5) is 0. The van der Waals surface area contributed by atoms with Crippen molar-refractivity contribution in [2.45, 2.75) is 13.5 Å². The minimum Gasteiger partial charge on any atom is -0.436 e. The van der Waals surface area contributed by atoms with E-state index in [1.54, 1.807) is 0 Å². The Balaban J connectivity index is 2.13. The number of rotatable bonds is 4. The molecule has 1 aromatic carbocycles. The van der Waals surface area contributed by atoms with Crippen LogP contribution in [0.25, 0.3) is 0 Å². The summed E-state index contributed by atoms with van der Waals surface area (Å²) in [5.74, 6) is 1.22. The third-order valence-corrected chi connectivity index (χ3v) is 2.97. The van der Waals surface area contributed by atoms with Crippen molar-refractivity contribution in [2.24, 2.45) is 0 Å².